The Morgan fingerprint density at radius 1 is 1.30 bits per heavy atom. The summed E-state index contributed by atoms with van der Waals surface area (Å²) in [6.07, 6.45) is -3.94. The predicted octanol–water partition coefficient (Wildman–Crippen LogP) is 2.95. The van der Waals surface area contributed by atoms with Gasteiger partial charge in [0.1, 0.15) is 0 Å². The smallest absolute Gasteiger partial charge is 0.393 e. The summed E-state index contributed by atoms with van der Waals surface area (Å²) in [5.41, 5.74) is -0.303. The molecule has 1 aromatic rings. The van der Waals surface area contributed by atoms with Crippen LogP contribution in [0, 0.1) is 5.92 Å². The summed E-state index contributed by atoms with van der Waals surface area (Å²) in [7, 11) is 0. The van der Waals surface area contributed by atoms with Crippen LogP contribution in [0.25, 0.3) is 0 Å². The summed E-state index contributed by atoms with van der Waals surface area (Å²) in [6, 6.07) is 5.65. The molecular weight excluding hydrogens is 267 g/mol. The molecule has 1 fully saturated rings. The Labute approximate surface area is 117 Å². The van der Waals surface area contributed by atoms with Crippen LogP contribution in [0.1, 0.15) is 24.5 Å². The summed E-state index contributed by atoms with van der Waals surface area (Å²) in [5, 5.41) is 10.0. The van der Waals surface area contributed by atoms with E-state index in [1.54, 1.807) is 6.07 Å². The van der Waals surface area contributed by atoms with E-state index in [1.807, 2.05) is 6.92 Å². The molecule has 1 saturated heterocycles. The van der Waals surface area contributed by atoms with Crippen molar-refractivity contribution < 1.29 is 18.3 Å². The molecule has 0 spiro atoms. The van der Waals surface area contributed by atoms with E-state index in [-0.39, 0.29) is 17.9 Å². The van der Waals surface area contributed by atoms with Gasteiger partial charge in [-0.05, 0) is 31.0 Å². The molecular formula is C15H20F3NO. The third-order valence-electron chi connectivity index (χ3n) is 4.03. The normalized spacial score (nSPS) is 24.9. The quantitative estimate of drug-likeness (QED) is 0.924. The zero-order chi connectivity index (χ0) is 14.8. The molecule has 5 heteroatoms. The van der Waals surface area contributed by atoms with Gasteiger partial charge in [-0.3, -0.25) is 0 Å². The van der Waals surface area contributed by atoms with E-state index >= 15 is 0 Å². The van der Waals surface area contributed by atoms with E-state index in [4.69, 9.17) is 0 Å². The lowest BCUT2D eigenvalue weighted by molar-refractivity contribution is -0.138. The van der Waals surface area contributed by atoms with E-state index in [2.05, 4.69) is 4.90 Å². The van der Waals surface area contributed by atoms with Crippen LogP contribution < -0.4 is 0 Å². The molecule has 2 unspecified atom stereocenters. The predicted molar refractivity (Wildman–Crippen MR) is 71.4 cm³/mol. The lowest BCUT2D eigenvalue weighted by atomic mass is 9.87. The molecule has 0 saturated carbocycles. The van der Waals surface area contributed by atoms with E-state index in [9.17, 15) is 18.3 Å². The number of piperidine rings is 1. The summed E-state index contributed by atoms with van der Waals surface area (Å²) in [5.74, 6) is -0.132. The van der Waals surface area contributed by atoms with Gasteiger partial charge >= 0.3 is 6.18 Å². The average molecular weight is 287 g/mol. The molecule has 2 rings (SSSR count). The maximum Gasteiger partial charge on any atom is 0.416 e. The fourth-order valence-electron chi connectivity index (χ4n) is 2.84. The Morgan fingerprint density at radius 2 is 2.00 bits per heavy atom. The molecule has 1 aromatic carbocycles. The average Bonchev–Trinajstić information content (AvgIpc) is 2.41. The summed E-state index contributed by atoms with van der Waals surface area (Å²) in [6.45, 7) is 4.36. The molecule has 20 heavy (non-hydrogen) atoms. The molecule has 112 valence electrons. The van der Waals surface area contributed by atoms with Gasteiger partial charge in [0.15, 0.2) is 0 Å². The van der Waals surface area contributed by atoms with Crippen molar-refractivity contribution in [2.45, 2.75) is 32.0 Å². The summed E-state index contributed by atoms with van der Waals surface area (Å²) < 4.78 is 38.9. The van der Waals surface area contributed by atoms with Gasteiger partial charge in [-0.15, -0.1) is 0 Å². The molecule has 0 aromatic heterocycles. The minimum atomic E-state index is -4.33. The van der Waals surface area contributed by atoms with E-state index in [0.29, 0.717) is 13.0 Å². The Hall–Kier alpha value is -1.07. The largest absolute Gasteiger partial charge is 0.416 e. The van der Waals surface area contributed by atoms with Gasteiger partial charge in [0.25, 0.3) is 0 Å². The zero-order valence-electron chi connectivity index (χ0n) is 11.5. The first-order valence-electron chi connectivity index (χ1n) is 6.97. The van der Waals surface area contributed by atoms with Crippen LogP contribution in [0.3, 0.4) is 0 Å². The Kier molecular flexibility index (Phi) is 4.70. The first-order valence-corrected chi connectivity index (χ1v) is 6.97. The molecule has 0 aliphatic carbocycles. The van der Waals surface area contributed by atoms with Gasteiger partial charge in [0, 0.05) is 19.0 Å². The van der Waals surface area contributed by atoms with Gasteiger partial charge in [-0.25, -0.2) is 0 Å². The van der Waals surface area contributed by atoms with Crippen molar-refractivity contribution in [3.63, 3.8) is 0 Å². The Morgan fingerprint density at radius 3 is 2.65 bits per heavy atom. The number of halogens is 3. The number of aliphatic hydroxyl groups is 1. The molecule has 1 aliphatic heterocycles. The fourth-order valence-corrected chi connectivity index (χ4v) is 2.84. The van der Waals surface area contributed by atoms with Crippen molar-refractivity contribution >= 4 is 0 Å². The topological polar surface area (TPSA) is 23.5 Å². The minimum absolute atomic E-state index is 0.132. The molecule has 0 radical (unpaired) electrons. The highest BCUT2D eigenvalue weighted by molar-refractivity contribution is 5.30. The second-order valence-corrected chi connectivity index (χ2v) is 5.37. The van der Waals surface area contributed by atoms with Crippen molar-refractivity contribution in [2.24, 2.45) is 5.92 Å². The fraction of sp³-hybridized carbons (Fsp3) is 0.600. The molecule has 1 heterocycles. The van der Waals surface area contributed by atoms with Crippen LogP contribution in [0.5, 0.6) is 0 Å². The second kappa shape index (κ2) is 6.14. The molecule has 0 amide bonds. The van der Waals surface area contributed by atoms with Crippen molar-refractivity contribution in [1.82, 2.24) is 4.90 Å². The first-order chi connectivity index (χ1) is 9.41. The third kappa shape index (κ3) is 3.52. The zero-order valence-corrected chi connectivity index (χ0v) is 11.5. The lowest BCUT2D eigenvalue weighted by Gasteiger charge is -2.36. The number of hydrogen-bond acceptors (Lipinski definition) is 2. The van der Waals surface area contributed by atoms with Gasteiger partial charge in [-0.2, -0.15) is 13.2 Å². The molecule has 2 atom stereocenters. The van der Waals surface area contributed by atoms with Gasteiger partial charge in [0.2, 0.25) is 0 Å². The number of benzene rings is 1. The highest BCUT2D eigenvalue weighted by atomic mass is 19.4. The highest BCUT2D eigenvalue weighted by Gasteiger charge is 2.35. The Balaban J connectivity index is 2.17. The van der Waals surface area contributed by atoms with Crippen LogP contribution in [-0.2, 0) is 12.6 Å². The summed E-state index contributed by atoms with van der Waals surface area (Å²) in [4.78, 5) is 2.17. The van der Waals surface area contributed by atoms with Crippen LogP contribution in [0.2, 0.25) is 0 Å². The molecule has 2 nitrogen and oxygen atoms in total. The second-order valence-electron chi connectivity index (χ2n) is 5.37. The monoisotopic (exact) mass is 287 g/mol. The molecule has 1 aliphatic rings. The van der Waals surface area contributed by atoms with Gasteiger partial charge in [-0.1, -0.05) is 25.1 Å². The van der Waals surface area contributed by atoms with Crippen molar-refractivity contribution in [2.75, 3.05) is 19.6 Å². The highest BCUT2D eigenvalue weighted by Crippen LogP contribution is 2.33. The standard InChI is InChI=1S/C15H20F3NO/c1-2-19-8-7-14(20)12(10-19)9-11-5-3-4-6-13(11)15(16,17)18/h3-6,12,14,20H,2,7-10H2,1H3. The third-order valence-corrected chi connectivity index (χ3v) is 4.03. The van der Waals surface area contributed by atoms with Gasteiger partial charge < -0.3 is 10.0 Å². The van der Waals surface area contributed by atoms with E-state index in [1.165, 1.54) is 12.1 Å². The molecule has 1 N–H and O–H groups in total. The number of alkyl halides is 3. The van der Waals surface area contributed by atoms with E-state index in [0.717, 1.165) is 19.2 Å². The number of nitrogens with zero attached hydrogens (tertiary/aromatic N) is 1. The maximum absolute atomic E-state index is 13.0. The van der Waals surface area contributed by atoms with E-state index < -0.39 is 17.8 Å². The summed E-state index contributed by atoms with van der Waals surface area (Å²) >= 11 is 0. The van der Waals surface area contributed by atoms with Crippen molar-refractivity contribution in [3.8, 4) is 0 Å². The maximum atomic E-state index is 13.0. The first kappa shape index (κ1) is 15.3. The lowest BCUT2D eigenvalue weighted by Crippen LogP contribution is -2.44. The minimum Gasteiger partial charge on any atom is -0.393 e. The number of rotatable bonds is 3. The number of hydrogen-bond donors (Lipinski definition) is 1. The van der Waals surface area contributed by atoms with Crippen LogP contribution in [0.15, 0.2) is 24.3 Å². The van der Waals surface area contributed by atoms with Crippen molar-refractivity contribution in [1.29, 1.82) is 0 Å². The van der Waals surface area contributed by atoms with Crippen LogP contribution >= 0.6 is 0 Å². The molecule has 0 bridgehead atoms. The van der Waals surface area contributed by atoms with Crippen LogP contribution in [0.4, 0.5) is 13.2 Å². The van der Waals surface area contributed by atoms with Crippen LogP contribution in [-0.4, -0.2) is 35.7 Å². The van der Waals surface area contributed by atoms with Gasteiger partial charge in [0.05, 0.1) is 11.7 Å². The number of likely N-dealkylation sites (tertiary alicyclic amines) is 1. The Bertz CT molecular complexity index is 447. The van der Waals surface area contributed by atoms with Crippen molar-refractivity contribution in [3.05, 3.63) is 35.4 Å². The number of aliphatic hydroxyl groups excluding tert-OH is 1. The SMILES string of the molecule is CCN1CCC(O)C(Cc2ccccc2C(F)(F)F)C1.